The summed E-state index contributed by atoms with van der Waals surface area (Å²) < 4.78 is 0. The van der Waals surface area contributed by atoms with Gasteiger partial charge in [-0.1, -0.05) is 166 Å². The molecule has 0 spiro atoms. The van der Waals surface area contributed by atoms with Crippen LogP contribution in [0.4, 0.5) is 28.4 Å². The van der Waals surface area contributed by atoms with Crippen LogP contribution in [0.25, 0.3) is 49.0 Å². The standard InChI is InChI=1S/C58H51N3/c1-38-17-13-15-23-51(38)60(48-33-46(36-59-37-48)42-21-11-8-12-22-42)54-35-55(50-30-28-45-32-47(58(4,5)6)31-44-27-29-49(54)57(50)56(44)45)61(52-24-16-14-18-39(52)2)53-34-43(26-25-40(53)3)41-19-9-7-10-20-41/h7-36,59H,37H2,1-6H3. The fourth-order valence-corrected chi connectivity index (χ4v) is 9.28. The molecule has 1 N–H and O–H groups in total. The first kappa shape index (κ1) is 38.1. The summed E-state index contributed by atoms with van der Waals surface area (Å²) in [4.78, 5) is 5.06. The Balaban J connectivity index is 1.34. The van der Waals surface area contributed by atoms with E-state index >= 15 is 0 Å². The predicted octanol–water partition coefficient (Wildman–Crippen LogP) is 15.6. The SMILES string of the molecule is Cc1ccccc1N(C1=CC(c2ccccc2)=CNC1)c1cc(N(c2ccccc2C)c2cc(-c3ccccc3)ccc2C)c2ccc3cc(C(C)(C)C)cc4ccc1c2c43. The maximum atomic E-state index is 3.68. The topological polar surface area (TPSA) is 18.5 Å². The summed E-state index contributed by atoms with van der Waals surface area (Å²) in [6.45, 7) is 14.3. The number of nitrogens with zero attached hydrogens (tertiary/aromatic N) is 2. The predicted molar refractivity (Wildman–Crippen MR) is 262 cm³/mol. The number of aryl methyl sites for hydroxylation is 3. The molecule has 1 aliphatic heterocycles. The van der Waals surface area contributed by atoms with Crippen molar-refractivity contribution in [1.82, 2.24) is 5.32 Å². The Morgan fingerprint density at radius 1 is 0.443 bits per heavy atom. The number of allylic oxidation sites excluding steroid dienone is 2. The number of benzene rings is 9. The Labute approximate surface area is 360 Å². The third-order valence-electron chi connectivity index (χ3n) is 12.5. The molecular formula is C58H51N3. The van der Waals surface area contributed by atoms with Crippen LogP contribution in [0.15, 0.2) is 188 Å². The molecule has 3 heteroatoms. The molecule has 1 heterocycles. The molecule has 0 atom stereocenters. The first-order chi connectivity index (χ1) is 29.6. The Morgan fingerprint density at radius 2 is 0.984 bits per heavy atom. The van der Waals surface area contributed by atoms with E-state index in [1.165, 1.54) is 77.0 Å². The zero-order valence-corrected chi connectivity index (χ0v) is 35.9. The van der Waals surface area contributed by atoms with Crippen LogP contribution in [0.1, 0.15) is 48.6 Å². The van der Waals surface area contributed by atoms with Crippen molar-refractivity contribution in [3.05, 3.63) is 216 Å². The van der Waals surface area contributed by atoms with Crippen molar-refractivity contribution in [3.63, 3.8) is 0 Å². The lowest BCUT2D eigenvalue weighted by molar-refractivity contribution is 0.591. The maximum Gasteiger partial charge on any atom is 0.0561 e. The summed E-state index contributed by atoms with van der Waals surface area (Å²) in [5.74, 6) is 0. The maximum absolute atomic E-state index is 3.68. The van der Waals surface area contributed by atoms with Crippen molar-refractivity contribution < 1.29 is 0 Å². The highest BCUT2D eigenvalue weighted by Gasteiger charge is 2.28. The number of anilines is 5. The first-order valence-corrected chi connectivity index (χ1v) is 21.5. The molecule has 3 nitrogen and oxygen atoms in total. The molecule has 0 amide bonds. The summed E-state index contributed by atoms with van der Waals surface area (Å²) in [7, 11) is 0. The number of rotatable bonds is 8. The van der Waals surface area contributed by atoms with Crippen molar-refractivity contribution in [2.24, 2.45) is 0 Å². The highest BCUT2D eigenvalue weighted by atomic mass is 15.2. The summed E-state index contributed by atoms with van der Waals surface area (Å²) in [5, 5.41) is 11.2. The van der Waals surface area contributed by atoms with Gasteiger partial charge in [0, 0.05) is 45.1 Å². The average Bonchev–Trinajstić information content (AvgIpc) is 3.28. The van der Waals surface area contributed by atoms with Crippen molar-refractivity contribution in [3.8, 4) is 11.1 Å². The highest BCUT2D eigenvalue weighted by molar-refractivity contribution is 6.29. The fraction of sp³-hybridized carbons (Fsp3) is 0.138. The largest absolute Gasteiger partial charge is 0.385 e. The van der Waals surface area contributed by atoms with E-state index in [0.717, 1.165) is 34.0 Å². The molecule has 61 heavy (non-hydrogen) atoms. The molecule has 0 aliphatic carbocycles. The normalized spacial score (nSPS) is 13.0. The summed E-state index contributed by atoms with van der Waals surface area (Å²) in [5.41, 5.74) is 16.6. The Morgan fingerprint density at radius 3 is 1.59 bits per heavy atom. The van der Waals surface area contributed by atoms with Gasteiger partial charge in [0.15, 0.2) is 0 Å². The molecule has 0 saturated heterocycles. The molecule has 9 aromatic rings. The molecule has 9 aromatic carbocycles. The lowest BCUT2D eigenvalue weighted by Crippen LogP contribution is -2.28. The zero-order valence-electron chi connectivity index (χ0n) is 35.9. The molecule has 0 bridgehead atoms. The van der Waals surface area contributed by atoms with Crippen LogP contribution in [0.3, 0.4) is 0 Å². The minimum atomic E-state index is 0.00970. The van der Waals surface area contributed by atoms with Gasteiger partial charge < -0.3 is 15.1 Å². The van der Waals surface area contributed by atoms with Crippen LogP contribution in [0.5, 0.6) is 0 Å². The van der Waals surface area contributed by atoms with E-state index in [9.17, 15) is 0 Å². The second kappa shape index (κ2) is 15.2. The van der Waals surface area contributed by atoms with Crippen LogP contribution >= 0.6 is 0 Å². The van der Waals surface area contributed by atoms with E-state index in [1.807, 2.05) is 0 Å². The third-order valence-corrected chi connectivity index (χ3v) is 12.5. The number of hydrogen-bond donors (Lipinski definition) is 1. The Hall–Kier alpha value is -7.10. The van der Waals surface area contributed by atoms with Gasteiger partial charge in [-0.25, -0.2) is 0 Å². The van der Waals surface area contributed by atoms with Gasteiger partial charge in [-0.05, 0) is 117 Å². The molecular weight excluding hydrogens is 739 g/mol. The van der Waals surface area contributed by atoms with Gasteiger partial charge in [0.1, 0.15) is 0 Å². The van der Waals surface area contributed by atoms with Gasteiger partial charge in [0.2, 0.25) is 0 Å². The van der Waals surface area contributed by atoms with E-state index in [-0.39, 0.29) is 5.41 Å². The molecule has 10 rings (SSSR count). The minimum Gasteiger partial charge on any atom is -0.385 e. The monoisotopic (exact) mass is 789 g/mol. The van der Waals surface area contributed by atoms with Gasteiger partial charge in [-0.3, -0.25) is 0 Å². The van der Waals surface area contributed by atoms with Crippen LogP contribution in [-0.4, -0.2) is 6.54 Å². The Bertz CT molecular complexity index is 3130. The van der Waals surface area contributed by atoms with Gasteiger partial charge in [-0.15, -0.1) is 0 Å². The Kier molecular flexibility index (Phi) is 9.48. The number of dihydropyridines is 1. The van der Waals surface area contributed by atoms with E-state index in [0.29, 0.717) is 6.54 Å². The van der Waals surface area contributed by atoms with Crippen molar-refractivity contribution in [2.45, 2.75) is 47.0 Å². The van der Waals surface area contributed by atoms with Gasteiger partial charge in [0.25, 0.3) is 0 Å². The first-order valence-electron chi connectivity index (χ1n) is 21.5. The van der Waals surface area contributed by atoms with Crippen molar-refractivity contribution in [2.75, 3.05) is 16.3 Å². The molecule has 0 radical (unpaired) electrons. The van der Waals surface area contributed by atoms with Gasteiger partial charge in [0.05, 0.1) is 17.9 Å². The van der Waals surface area contributed by atoms with Gasteiger partial charge >= 0.3 is 0 Å². The minimum absolute atomic E-state index is 0.00970. The summed E-state index contributed by atoms with van der Waals surface area (Å²) in [6, 6.07) is 62.8. The van der Waals surface area contributed by atoms with E-state index in [1.54, 1.807) is 0 Å². The zero-order chi connectivity index (χ0) is 41.8. The number of hydrogen-bond acceptors (Lipinski definition) is 3. The molecule has 298 valence electrons. The molecule has 0 saturated carbocycles. The number of nitrogens with one attached hydrogen (secondary N) is 1. The van der Waals surface area contributed by atoms with Crippen molar-refractivity contribution in [1.29, 1.82) is 0 Å². The molecule has 0 unspecified atom stereocenters. The number of para-hydroxylation sites is 2. The van der Waals surface area contributed by atoms with E-state index < -0.39 is 0 Å². The smallest absolute Gasteiger partial charge is 0.0561 e. The van der Waals surface area contributed by atoms with Crippen LogP contribution < -0.4 is 15.1 Å². The third kappa shape index (κ3) is 6.81. The molecule has 1 aliphatic rings. The van der Waals surface area contributed by atoms with Crippen molar-refractivity contribution >= 4 is 66.3 Å². The quantitative estimate of drug-likeness (QED) is 0.155. The second-order valence-corrected chi connectivity index (χ2v) is 17.7. The van der Waals surface area contributed by atoms with Crippen LogP contribution in [0.2, 0.25) is 0 Å². The van der Waals surface area contributed by atoms with Gasteiger partial charge in [-0.2, -0.15) is 0 Å². The second-order valence-electron chi connectivity index (χ2n) is 17.7. The van der Waals surface area contributed by atoms with E-state index in [4.69, 9.17) is 0 Å². The molecule has 0 fully saturated rings. The summed E-state index contributed by atoms with van der Waals surface area (Å²) >= 11 is 0. The lowest BCUT2D eigenvalue weighted by atomic mass is 9.83. The summed E-state index contributed by atoms with van der Waals surface area (Å²) in [6.07, 6.45) is 4.53. The van der Waals surface area contributed by atoms with Crippen LogP contribution in [-0.2, 0) is 5.41 Å². The van der Waals surface area contributed by atoms with Crippen LogP contribution in [0, 0.1) is 20.8 Å². The lowest BCUT2D eigenvalue weighted by Gasteiger charge is -2.35. The average molecular weight is 790 g/mol. The molecule has 0 aromatic heterocycles. The van der Waals surface area contributed by atoms with E-state index in [2.05, 4.69) is 239 Å². The highest BCUT2D eigenvalue weighted by Crippen LogP contribution is 2.51. The fourth-order valence-electron chi connectivity index (χ4n) is 9.28.